The maximum Gasteiger partial charge on any atom is -0.0260 e. The van der Waals surface area contributed by atoms with E-state index in [1.807, 2.05) is 0 Å². The van der Waals surface area contributed by atoms with E-state index >= 15 is 0 Å². The average molecular weight is 188 g/mol. The van der Waals surface area contributed by atoms with Crippen molar-refractivity contribution in [1.29, 1.82) is 0 Å². The highest BCUT2D eigenvalue weighted by atomic mass is 13.9. The normalized spacial score (nSPS) is 11.0. The van der Waals surface area contributed by atoms with Gasteiger partial charge in [-0.25, -0.2) is 0 Å². The molecule has 1 rings (SSSR count). The molecule has 0 N–H and O–H groups in total. The fourth-order valence-electron chi connectivity index (χ4n) is 1.41. The fourth-order valence-corrected chi connectivity index (χ4v) is 1.41. The number of benzene rings is 1. The van der Waals surface area contributed by atoms with Gasteiger partial charge in [-0.1, -0.05) is 63.1 Å². The van der Waals surface area contributed by atoms with E-state index in [1.54, 1.807) is 0 Å². The predicted molar refractivity (Wildman–Crippen MR) is 64.4 cm³/mol. The minimum atomic E-state index is 1.12. The van der Waals surface area contributed by atoms with Crippen LogP contribution in [0.2, 0.25) is 0 Å². The first-order valence-electron chi connectivity index (χ1n) is 5.62. The Morgan fingerprint density at radius 3 is 2.36 bits per heavy atom. The third-order valence-corrected chi connectivity index (χ3v) is 2.42. The van der Waals surface area contributed by atoms with Crippen LogP contribution in [-0.4, -0.2) is 0 Å². The highest BCUT2D eigenvalue weighted by Crippen LogP contribution is 2.07. The smallest absolute Gasteiger partial charge is 0.0260 e. The molecule has 0 atom stereocenters. The van der Waals surface area contributed by atoms with Gasteiger partial charge in [0.25, 0.3) is 0 Å². The highest BCUT2D eigenvalue weighted by Gasteiger charge is 1.88. The van der Waals surface area contributed by atoms with Gasteiger partial charge in [-0.2, -0.15) is 0 Å². The lowest BCUT2D eigenvalue weighted by molar-refractivity contribution is 0.816. The molecule has 76 valence electrons. The summed E-state index contributed by atoms with van der Waals surface area (Å²) in [6, 6.07) is 8.81. The summed E-state index contributed by atoms with van der Waals surface area (Å²) in [5, 5.41) is 0. The molecule has 0 saturated carbocycles. The van der Waals surface area contributed by atoms with Gasteiger partial charge in [0.2, 0.25) is 0 Å². The number of hydrogen-bond donors (Lipinski definition) is 0. The van der Waals surface area contributed by atoms with Crippen LogP contribution in [0.5, 0.6) is 0 Å². The van der Waals surface area contributed by atoms with Gasteiger partial charge < -0.3 is 0 Å². The van der Waals surface area contributed by atoms with Crippen LogP contribution in [0.25, 0.3) is 6.08 Å². The van der Waals surface area contributed by atoms with E-state index < -0.39 is 0 Å². The quantitative estimate of drug-likeness (QED) is 0.599. The van der Waals surface area contributed by atoms with Gasteiger partial charge in [-0.05, 0) is 24.0 Å². The lowest BCUT2D eigenvalue weighted by Crippen LogP contribution is -1.79. The molecule has 0 nitrogen and oxygen atoms in total. The molecule has 0 heterocycles. The maximum atomic E-state index is 2.27. The molecular weight excluding hydrogens is 168 g/mol. The molecule has 0 amide bonds. The Morgan fingerprint density at radius 1 is 1.07 bits per heavy atom. The van der Waals surface area contributed by atoms with E-state index in [0.717, 1.165) is 6.42 Å². The second-order valence-corrected chi connectivity index (χ2v) is 3.64. The first kappa shape index (κ1) is 11.0. The minimum Gasteiger partial charge on any atom is -0.0839 e. The lowest BCUT2D eigenvalue weighted by atomic mass is 10.1. The van der Waals surface area contributed by atoms with Gasteiger partial charge in [0, 0.05) is 0 Å². The summed E-state index contributed by atoms with van der Waals surface area (Å²) < 4.78 is 0. The zero-order valence-electron chi connectivity index (χ0n) is 9.29. The highest BCUT2D eigenvalue weighted by molar-refractivity contribution is 5.49. The Morgan fingerprint density at radius 2 is 1.79 bits per heavy atom. The van der Waals surface area contributed by atoms with Crippen molar-refractivity contribution in [3.05, 3.63) is 41.5 Å². The first-order valence-corrected chi connectivity index (χ1v) is 5.62. The van der Waals surface area contributed by atoms with Crippen molar-refractivity contribution >= 4 is 6.08 Å². The van der Waals surface area contributed by atoms with E-state index in [2.05, 4.69) is 50.3 Å². The minimum absolute atomic E-state index is 1.12. The standard InChI is InChI=1S/C14H20/c1-3-5-6-7-8-14-11-9-13(4-2)10-12-14/h7-12H,3-6H2,1-2H3. The van der Waals surface area contributed by atoms with E-state index in [4.69, 9.17) is 0 Å². The lowest BCUT2D eigenvalue weighted by Gasteiger charge is -1.97. The van der Waals surface area contributed by atoms with Crippen molar-refractivity contribution in [3.8, 4) is 0 Å². The Kier molecular flexibility index (Phi) is 5.06. The topological polar surface area (TPSA) is 0 Å². The molecule has 0 fully saturated rings. The van der Waals surface area contributed by atoms with Crippen LogP contribution >= 0.6 is 0 Å². The van der Waals surface area contributed by atoms with E-state index in [-0.39, 0.29) is 0 Å². The summed E-state index contributed by atoms with van der Waals surface area (Å²) in [5.74, 6) is 0. The van der Waals surface area contributed by atoms with Crippen LogP contribution in [0.4, 0.5) is 0 Å². The number of rotatable bonds is 5. The van der Waals surface area contributed by atoms with E-state index in [1.165, 1.54) is 30.4 Å². The summed E-state index contributed by atoms with van der Waals surface area (Å²) in [4.78, 5) is 0. The van der Waals surface area contributed by atoms with Crippen molar-refractivity contribution in [3.63, 3.8) is 0 Å². The molecule has 0 spiro atoms. The summed E-state index contributed by atoms with van der Waals surface area (Å²) in [5.41, 5.74) is 2.73. The Labute approximate surface area is 87.7 Å². The molecule has 14 heavy (non-hydrogen) atoms. The molecule has 0 aliphatic heterocycles. The Hall–Kier alpha value is -1.04. The van der Waals surface area contributed by atoms with Crippen molar-refractivity contribution in [1.82, 2.24) is 0 Å². The molecule has 0 unspecified atom stereocenters. The number of unbranched alkanes of at least 4 members (excludes halogenated alkanes) is 2. The Balaban J connectivity index is 2.47. The van der Waals surface area contributed by atoms with Gasteiger partial charge in [0.15, 0.2) is 0 Å². The van der Waals surface area contributed by atoms with Gasteiger partial charge >= 0.3 is 0 Å². The van der Waals surface area contributed by atoms with Crippen LogP contribution in [0, 0.1) is 0 Å². The van der Waals surface area contributed by atoms with Crippen molar-refractivity contribution in [2.45, 2.75) is 39.5 Å². The van der Waals surface area contributed by atoms with Crippen molar-refractivity contribution in [2.24, 2.45) is 0 Å². The molecule has 0 saturated heterocycles. The molecule has 0 aliphatic carbocycles. The third kappa shape index (κ3) is 3.78. The summed E-state index contributed by atoms with van der Waals surface area (Å²) in [6.07, 6.45) is 9.38. The molecule has 0 aromatic heterocycles. The molecule has 1 aromatic carbocycles. The van der Waals surface area contributed by atoms with Crippen molar-refractivity contribution < 1.29 is 0 Å². The van der Waals surface area contributed by atoms with Crippen LogP contribution < -0.4 is 0 Å². The second-order valence-electron chi connectivity index (χ2n) is 3.64. The van der Waals surface area contributed by atoms with Gasteiger partial charge in [-0.3, -0.25) is 0 Å². The zero-order chi connectivity index (χ0) is 10.2. The Bertz CT molecular complexity index is 267. The van der Waals surface area contributed by atoms with Crippen LogP contribution in [0.1, 0.15) is 44.2 Å². The number of aryl methyl sites for hydroxylation is 1. The van der Waals surface area contributed by atoms with Crippen LogP contribution in [0.15, 0.2) is 30.3 Å². The van der Waals surface area contributed by atoms with Gasteiger partial charge in [-0.15, -0.1) is 0 Å². The van der Waals surface area contributed by atoms with E-state index in [0.29, 0.717) is 0 Å². The van der Waals surface area contributed by atoms with Crippen molar-refractivity contribution in [2.75, 3.05) is 0 Å². The summed E-state index contributed by atoms with van der Waals surface area (Å²) >= 11 is 0. The first-order chi connectivity index (χ1) is 6.86. The molecule has 0 radical (unpaired) electrons. The molecule has 1 aromatic rings. The number of allylic oxidation sites excluding steroid dienone is 1. The average Bonchev–Trinajstić information content (AvgIpc) is 2.25. The largest absolute Gasteiger partial charge is 0.0839 e. The third-order valence-electron chi connectivity index (χ3n) is 2.42. The van der Waals surface area contributed by atoms with Gasteiger partial charge in [0.1, 0.15) is 0 Å². The van der Waals surface area contributed by atoms with E-state index in [9.17, 15) is 0 Å². The number of hydrogen-bond acceptors (Lipinski definition) is 0. The molecular formula is C14H20. The summed E-state index contributed by atoms with van der Waals surface area (Å²) in [6.45, 7) is 4.41. The zero-order valence-corrected chi connectivity index (χ0v) is 9.29. The SMILES string of the molecule is CCCCC=Cc1ccc(CC)cc1. The molecule has 0 heteroatoms. The molecule has 0 aliphatic rings. The van der Waals surface area contributed by atoms with Crippen LogP contribution in [0.3, 0.4) is 0 Å². The van der Waals surface area contributed by atoms with Gasteiger partial charge in [0.05, 0.1) is 0 Å². The maximum absolute atomic E-state index is 2.27. The molecule has 0 bridgehead atoms. The second kappa shape index (κ2) is 6.42. The fraction of sp³-hybridized carbons (Fsp3) is 0.429. The van der Waals surface area contributed by atoms with Crippen LogP contribution in [-0.2, 0) is 6.42 Å². The monoisotopic (exact) mass is 188 g/mol. The summed E-state index contributed by atoms with van der Waals surface area (Å²) in [7, 11) is 0. The predicted octanol–water partition coefficient (Wildman–Crippen LogP) is 4.45.